The van der Waals surface area contributed by atoms with E-state index >= 15 is 0 Å². The number of halogens is 2. The van der Waals surface area contributed by atoms with Gasteiger partial charge in [0.25, 0.3) is 0 Å². The predicted octanol–water partition coefficient (Wildman–Crippen LogP) is 4.34. The second-order valence-electron chi connectivity index (χ2n) is 3.08. The molecule has 1 heterocycles. The van der Waals surface area contributed by atoms with Crippen LogP contribution in [-0.2, 0) is 0 Å². The van der Waals surface area contributed by atoms with Gasteiger partial charge in [-0.25, -0.2) is 4.98 Å². The molecule has 0 unspecified atom stereocenters. The maximum atomic E-state index is 5.88. The molecule has 2 nitrogen and oxygen atoms in total. The highest BCUT2D eigenvalue weighted by Gasteiger charge is 2.06. The SMILES string of the molecule is Nc1ccccc1Sc1ncc(Br)cc1Br. The zero-order valence-electron chi connectivity index (χ0n) is 8.15. The van der Waals surface area contributed by atoms with Crippen molar-refractivity contribution in [2.45, 2.75) is 9.92 Å². The molecular weight excluding hydrogens is 352 g/mol. The van der Waals surface area contributed by atoms with Gasteiger partial charge in [-0.15, -0.1) is 0 Å². The average Bonchev–Trinajstić information content (AvgIpc) is 2.25. The molecule has 0 aliphatic heterocycles. The summed E-state index contributed by atoms with van der Waals surface area (Å²) in [5.74, 6) is 0. The molecule has 0 fully saturated rings. The van der Waals surface area contributed by atoms with Gasteiger partial charge in [0.1, 0.15) is 5.03 Å². The predicted molar refractivity (Wildman–Crippen MR) is 74.6 cm³/mol. The number of nitrogen functional groups attached to an aromatic ring is 1. The van der Waals surface area contributed by atoms with Crippen molar-refractivity contribution in [2.75, 3.05) is 5.73 Å². The Morgan fingerprint density at radius 1 is 1.19 bits per heavy atom. The molecule has 16 heavy (non-hydrogen) atoms. The number of anilines is 1. The molecule has 2 aromatic rings. The molecule has 0 bridgehead atoms. The number of hydrogen-bond donors (Lipinski definition) is 1. The van der Waals surface area contributed by atoms with E-state index in [9.17, 15) is 0 Å². The highest BCUT2D eigenvalue weighted by Crippen LogP contribution is 2.35. The Kier molecular flexibility index (Phi) is 3.89. The third kappa shape index (κ3) is 2.78. The monoisotopic (exact) mass is 358 g/mol. The molecule has 0 saturated heterocycles. The van der Waals surface area contributed by atoms with E-state index in [0.717, 1.165) is 24.6 Å². The van der Waals surface area contributed by atoms with Crippen molar-refractivity contribution in [3.63, 3.8) is 0 Å². The molecule has 2 rings (SSSR count). The number of hydrogen-bond acceptors (Lipinski definition) is 3. The minimum atomic E-state index is 0.768. The Morgan fingerprint density at radius 3 is 2.62 bits per heavy atom. The van der Waals surface area contributed by atoms with Gasteiger partial charge in [-0.2, -0.15) is 0 Å². The van der Waals surface area contributed by atoms with E-state index < -0.39 is 0 Å². The van der Waals surface area contributed by atoms with Gasteiger partial charge in [0, 0.05) is 21.3 Å². The van der Waals surface area contributed by atoms with Crippen molar-refractivity contribution in [3.8, 4) is 0 Å². The number of aromatic nitrogens is 1. The first-order valence-electron chi connectivity index (χ1n) is 4.50. The summed E-state index contributed by atoms with van der Waals surface area (Å²) in [6.45, 7) is 0. The van der Waals surface area contributed by atoms with E-state index in [4.69, 9.17) is 5.73 Å². The molecule has 82 valence electrons. The highest BCUT2D eigenvalue weighted by atomic mass is 79.9. The fourth-order valence-corrected chi connectivity index (χ4v) is 3.19. The van der Waals surface area contributed by atoms with Gasteiger partial charge in [-0.3, -0.25) is 0 Å². The van der Waals surface area contributed by atoms with Crippen LogP contribution >= 0.6 is 43.6 Å². The molecule has 0 saturated carbocycles. The Hall–Kier alpha value is -0.520. The number of nitrogens with zero attached hydrogens (tertiary/aromatic N) is 1. The third-order valence-electron chi connectivity index (χ3n) is 1.90. The van der Waals surface area contributed by atoms with Crippen molar-refractivity contribution in [2.24, 2.45) is 0 Å². The number of nitrogens with two attached hydrogens (primary N) is 1. The minimum Gasteiger partial charge on any atom is -0.398 e. The molecule has 0 amide bonds. The molecule has 1 aromatic carbocycles. The van der Waals surface area contributed by atoms with E-state index in [0.29, 0.717) is 0 Å². The van der Waals surface area contributed by atoms with Crippen LogP contribution in [0.15, 0.2) is 55.4 Å². The van der Waals surface area contributed by atoms with Crippen molar-refractivity contribution >= 4 is 49.3 Å². The lowest BCUT2D eigenvalue weighted by Gasteiger charge is -2.05. The highest BCUT2D eigenvalue weighted by molar-refractivity contribution is 9.11. The van der Waals surface area contributed by atoms with E-state index in [-0.39, 0.29) is 0 Å². The molecule has 2 N–H and O–H groups in total. The van der Waals surface area contributed by atoms with Crippen LogP contribution in [0.3, 0.4) is 0 Å². The van der Waals surface area contributed by atoms with E-state index in [1.165, 1.54) is 0 Å². The smallest absolute Gasteiger partial charge is 0.115 e. The zero-order valence-corrected chi connectivity index (χ0v) is 12.1. The van der Waals surface area contributed by atoms with Crippen molar-refractivity contribution in [1.82, 2.24) is 4.98 Å². The summed E-state index contributed by atoms with van der Waals surface area (Å²) in [6, 6.07) is 9.72. The third-order valence-corrected chi connectivity index (χ3v) is 4.31. The van der Waals surface area contributed by atoms with Gasteiger partial charge in [0.2, 0.25) is 0 Å². The lowest BCUT2D eigenvalue weighted by Crippen LogP contribution is -1.88. The van der Waals surface area contributed by atoms with E-state index in [2.05, 4.69) is 36.8 Å². The largest absolute Gasteiger partial charge is 0.398 e. The number of rotatable bonds is 2. The summed E-state index contributed by atoms with van der Waals surface area (Å²) in [5.41, 5.74) is 6.64. The van der Waals surface area contributed by atoms with E-state index in [1.807, 2.05) is 30.3 Å². The Labute approximate surface area is 115 Å². The first-order chi connectivity index (χ1) is 7.66. The molecule has 0 aliphatic rings. The van der Waals surface area contributed by atoms with Crippen LogP contribution in [0, 0.1) is 0 Å². The zero-order chi connectivity index (χ0) is 11.5. The first kappa shape index (κ1) is 12.0. The lowest BCUT2D eigenvalue weighted by atomic mass is 10.3. The second kappa shape index (κ2) is 5.21. The van der Waals surface area contributed by atoms with Gasteiger partial charge >= 0.3 is 0 Å². The van der Waals surface area contributed by atoms with Gasteiger partial charge in [-0.1, -0.05) is 23.9 Å². The van der Waals surface area contributed by atoms with Gasteiger partial charge < -0.3 is 5.73 Å². The summed E-state index contributed by atoms with van der Waals surface area (Å²) in [7, 11) is 0. The number of benzene rings is 1. The average molecular weight is 360 g/mol. The van der Waals surface area contributed by atoms with Crippen LogP contribution < -0.4 is 5.73 Å². The quantitative estimate of drug-likeness (QED) is 0.810. The lowest BCUT2D eigenvalue weighted by molar-refractivity contribution is 1.10. The number of para-hydroxylation sites is 1. The van der Waals surface area contributed by atoms with Crippen molar-refractivity contribution in [1.29, 1.82) is 0 Å². The van der Waals surface area contributed by atoms with Crippen LogP contribution in [0.2, 0.25) is 0 Å². The summed E-state index contributed by atoms with van der Waals surface area (Å²) < 4.78 is 1.90. The maximum Gasteiger partial charge on any atom is 0.115 e. The Balaban J connectivity index is 2.31. The van der Waals surface area contributed by atoms with Gasteiger partial charge in [0.15, 0.2) is 0 Å². The fraction of sp³-hybridized carbons (Fsp3) is 0. The fourth-order valence-electron chi connectivity index (χ4n) is 1.15. The molecule has 0 radical (unpaired) electrons. The summed E-state index contributed by atoms with van der Waals surface area (Å²) in [4.78, 5) is 5.34. The van der Waals surface area contributed by atoms with E-state index in [1.54, 1.807) is 18.0 Å². The molecule has 5 heteroatoms. The van der Waals surface area contributed by atoms with Crippen molar-refractivity contribution < 1.29 is 0 Å². The summed E-state index contributed by atoms with van der Waals surface area (Å²) >= 11 is 8.39. The Morgan fingerprint density at radius 2 is 1.94 bits per heavy atom. The van der Waals surface area contributed by atoms with Gasteiger partial charge in [0.05, 0.1) is 4.47 Å². The molecule has 0 atom stereocenters. The van der Waals surface area contributed by atoms with Crippen LogP contribution in [0.1, 0.15) is 0 Å². The Bertz CT molecular complexity index is 517. The molecular formula is C11H8Br2N2S. The summed E-state index contributed by atoms with van der Waals surface area (Å²) in [6.07, 6.45) is 1.77. The van der Waals surface area contributed by atoms with Crippen LogP contribution in [0.4, 0.5) is 5.69 Å². The van der Waals surface area contributed by atoms with Crippen LogP contribution in [0.5, 0.6) is 0 Å². The van der Waals surface area contributed by atoms with Crippen LogP contribution in [0.25, 0.3) is 0 Å². The first-order valence-corrected chi connectivity index (χ1v) is 6.90. The maximum absolute atomic E-state index is 5.88. The van der Waals surface area contributed by atoms with Crippen LogP contribution in [-0.4, -0.2) is 4.98 Å². The molecule has 1 aromatic heterocycles. The topological polar surface area (TPSA) is 38.9 Å². The standard InChI is InChI=1S/C11H8Br2N2S/c12-7-5-8(13)11(15-6-7)16-10-4-2-1-3-9(10)14/h1-6H,14H2. The summed E-state index contributed by atoms with van der Waals surface area (Å²) in [5, 5.41) is 0.904. The van der Waals surface area contributed by atoms with Gasteiger partial charge in [-0.05, 0) is 50.1 Å². The molecule has 0 aliphatic carbocycles. The second-order valence-corrected chi connectivity index (χ2v) is 5.88. The molecule has 0 spiro atoms. The van der Waals surface area contributed by atoms with Crippen molar-refractivity contribution in [3.05, 3.63) is 45.5 Å². The normalized spacial score (nSPS) is 10.4. The number of pyridine rings is 1. The minimum absolute atomic E-state index is 0.768.